The minimum atomic E-state index is -0.483. The van der Waals surface area contributed by atoms with Crippen molar-refractivity contribution in [2.45, 2.75) is 32.8 Å². The molecule has 0 fully saturated rings. The van der Waals surface area contributed by atoms with Crippen LogP contribution < -0.4 is 4.74 Å². The first-order valence-electron chi connectivity index (χ1n) is 8.49. The van der Waals surface area contributed by atoms with E-state index in [2.05, 4.69) is 4.90 Å². The first-order chi connectivity index (χ1) is 11.7. The van der Waals surface area contributed by atoms with Crippen molar-refractivity contribution >= 4 is 12.4 Å². The highest BCUT2D eigenvalue weighted by molar-refractivity contribution is 5.67. The van der Waals surface area contributed by atoms with E-state index in [1.807, 2.05) is 52.1 Å². The van der Waals surface area contributed by atoms with Crippen LogP contribution in [0.4, 0.5) is 4.79 Å². The van der Waals surface area contributed by atoms with Gasteiger partial charge in [-0.05, 0) is 45.5 Å². The molecule has 0 spiro atoms. The molecule has 25 heavy (non-hydrogen) atoms. The number of nitrogens with zero attached hydrogens (tertiary/aromatic N) is 2. The lowest BCUT2D eigenvalue weighted by atomic mass is 10.2. The molecule has 0 atom stereocenters. The molecule has 0 aliphatic heterocycles. The molecule has 0 aliphatic rings. The maximum absolute atomic E-state index is 11.9. The van der Waals surface area contributed by atoms with Gasteiger partial charge in [-0.15, -0.1) is 0 Å². The fraction of sp³-hybridized carbons (Fsp3) is 0.579. The van der Waals surface area contributed by atoms with Crippen LogP contribution in [0.2, 0.25) is 0 Å². The van der Waals surface area contributed by atoms with E-state index in [1.54, 1.807) is 11.9 Å². The zero-order valence-electron chi connectivity index (χ0n) is 15.9. The molecular formula is C19H30N2O4. The lowest BCUT2D eigenvalue weighted by Gasteiger charge is -2.26. The Hall–Kier alpha value is -2.08. The van der Waals surface area contributed by atoms with Crippen LogP contribution in [0.5, 0.6) is 5.75 Å². The molecule has 1 aromatic rings. The summed E-state index contributed by atoms with van der Waals surface area (Å²) in [5.74, 6) is 0.763. The summed E-state index contributed by atoms with van der Waals surface area (Å²) in [5, 5.41) is 0. The number of ether oxygens (including phenoxy) is 2. The van der Waals surface area contributed by atoms with Crippen LogP contribution in [0.15, 0.2) is 24.3 Å². The van der Waals surface area contributed by atoms with E-state index >= 15 is 0 Å². The second-order valence-corrected chi connectivity index (χ2v) is 7.07. The van der Waals surface area contributed by atoms with E-state index in [0.29, 0.717) is 19.6 Å². The van der Waals surface area contributed by atoms with Gasteiger partial charge in [0.25, 0.3) is 0 Å². The van der Waals surface area contributed by atoms with Gasteiger partial charge in [0.2, 0.25) is 0 Å². The number of benzene rings is 1. The maximum Gasteiger partial charge on any atom is 0.410 e. The smallest absolute Gasteiger partial charge is 0.410 e. The summed E-state index contributed by atoms with van der Waals surface area (Å²) in [6.45, 7) is 8.15. The fourth-order valence-corrected chi connectivity index (χ4v) is 2.04. The zero-order chi connectivity index (χ0) is 18.9. The molecule has 0 aromatic heterocycles. The van der Waals surface area contributed by atoms with Crippen molar-refractivity contribution in [3.05, 3.63) is 29.8 Å². The Bertz CT molecular complexity index is 555. The minimum Gasteiger partial charge on any atom is -0.492 e. The molecule has 1 rings (SSSR count). The number of aldehydes is 1. The van der Waals surface area contributed by atoms with E-state index < -0.39 is 5.60 Å². The molecule has 0 unspecified atom stereocenters. The fourth-order valence-electron chi connectivity index (χ4n) is 2.04. The molecule has 0 saturated carbocycles. The van der Waals surface area contributed by atoms with Crippen molar-refractivity contribution < 1.29 is 19.1 Å². The number of likely N-dealkylation sites (N-methyl/N-ethyl adjacent to an activating group) is 2. The van der Waals surface area contributed by atoms with Gasteiger partial charge in [0.1, 0.15) is 24.2 Å². The molecule has 6 nitrogen and oxygen atoms in total. The number of hydrogen-bond donors (Lipinski definition) is 0. The topological polar surface area (TPSA) is 59.1 Å². The maximum atomic E-state index is 11.9. The van der Waals surface area contributed by atoms with Crippen LogP contribution in [0.1, 0.15) is 26.3 Å². The number of hydrogen-bond acceptors (Lipinski definition) is 5. The van der Waals surface area contributed by atoms with Gasteiger partial charge in [0.05, 0.1) is 0 Å². The third-order valence-electron chi connectivity index (χ3n) is 3.48. The average molecular weight is 350 g/mol. The third kappa shape index (κ3) is 9.10. The predicted octanol–water partition coefficient (Wildman–Crippen LogP) is 2.61. The lowest BCUT2D eigenvalue weighted by molar-refractivity contribution is -0.107. The lowest BCUT2D eigenvalue weighted by Crippen LogP contribution is -2.39. The van der Waals surface area contributed by atoms with Crippen molar-refractivity contribution in [1.82, 2.24) is 9.80 Å². The van der Waals surface area contributed by atoms with Gasteiger partial charge in [-0.3, -0.25) is 0 Å². The van der Waals surface area contributed by atoms with Crippen LogP contribution in [-0.4, -0.2) is 68.1 Å². The van der Waals surface area contributed by atoms with Crippen LogP contribution in [0.3, 0.4) is 0 Å². The van der Waals surface area contributed by atoms with Crippen molar-refractivity contribution in [2.75, 3.05) is 40.3 Å². The third-order valence-corrected chi connectivity index (χ3v) is 3.48. The molecule has 1 aromatic carbocycles. The molecule has 1 amide bonds. The molecule has 0 aliphatic carbocycles. The normalized spacial score (nSPS) is 11.3. The summed E-state index contributed by atoms with van der Waals surface area (Å²) < 4.78 is 11.0. The van der Waals surface area contributed by atoms with Gasteiger partial charge in [-0.25, -0.2) is 4.79 Å². The average Bonchev–Trinajstić information content (AvgIpc) is 2.51. The van der Waals surface area contributed by atoms with Gasteiger partial charge >= 0.3 is 6.09 Å². The summed E-state index contributed by atoms with van der Waals surface area (Å²) in [7, 11) is 3.71. The van der Waals surface area contributed by atoms with E-state index in [9.17, 15) is 9.59 Å². The molecule has 0 N–H and O–H groups in total. The van der Waals surface area contributed by atoms with Crippen molar-refractivity contribution in [2.24, 2.45) is 0 Å². The molecule has 0 radical (unpaired) electrons. The molecule has 140 valence electrons. The number of carbonyl (C=O) groups excluding carboxylic acids is 2. The Morgan fingerprint density at radius 2 is 1.88 bits per heavy atom. The number of rotatable bonds is 9. The standard InChI is InChI=1S/C19H30N2O4/c1-19(2,3)25-18(23)21(5)11-10-20(4)12-14-24-17-8-6-7-16(15-17)9-13-22/h6-8,13,15H,9-12,14H2,1-5H3. The second kappa shape index (κ2) is 10.0. The zero-order valence-corrected chi connectivity index (χ0v) is 15.9. The summed E-state index contributed by atoms with van der Waals surface area (Å²) in [5.41, 5.74) is 0.462. The summed E-state index contributed by atoms with van der Waals surface area (Å²) in [6, 6.07) is 7.54. The number of carbonyl (C=O) groups is 2. The van der Waals surface area contributed by atoms with Gasteiger partial charge in [0.15, 0.2) is 0 Å². The van der Waals surface area contributed by atoms with Crippen molar-refractivity contribution in [3.8, 4) is 5.75 Å². The van der Waals surface area contributed by atoms with Gasteiger partial charge in [-0.2, -0.15) is 0 Å². The van der Waals surface area contributed by atoms with Crippen LogP contribution in [0, 0.1) is 0 Å². The Kier molecular flexibility index (Phi) is 8.41. The number of amides is 1. The molecule has 0 heterocycles. The molecule has 0 saturated heterocycles. The van der Waals surface area contributed by atoms with Gasteiger partial charge < -0.3 is 24.1 Å². The molecule has 0 bridgehead atoms. The first kappa shape index (κ1) is 21.0. The molecule has 6 heteroatoms. The molecular weight excluding hydrogens is 320 g/mol. The SMILES string of the molecule is CN(CCOc1cccc(CC=O)c1)CCN(C)C(=O)OC(C)(C)C. The summed E-state index contributed by atoms with van der Waals surface area (Å²) in [4.78, 5) is 26.1. The van der Waals surface area contributed by atoms with Gasteiger partial charge in [0, 0.05) is 33.1 Å². The van der Waals surface area contributed by atoms with Crippen LogP contribution in [-0.2, 0) is 16.0 Å². The van der Waals surface area contributed by atoms with E-state index in [1.165, 1.54) is 0 Å². The van der Waals surface area contributed by atoms with Crippen molar-refractivity contribution in [3.63, 3.8) is 0 Å². The van der Waals surface area contributed by atoms with Crippen LogP contribution >= 0.6 is 0 Å². The van der Waals surface area contributed by atoms with E-state index in [0.717, 1.165) is 30.7 Å². The van der Waals surface area contributed by atoms with E-state index in [-0.39, 0.29) is 6.09 Å². The van der Waals surface area contributed by atoms with E-state index in [4.69, 9.17) is 9.47 Å². The largest absolute Gasteiger partial charge is 0.492 e. The summed E-state index contributed by atoms with van der Waals surface area (Å²) >= 11 is 0. The monoisotopic (exact) mass is 350 g/mol. The highest BCUT2D eigenvalue weighted by Crippen LogP contribution is 2.13. The second-order valence-electron chi connectivity index (χ2n) is 7.07. The van der Waals surface area contributed by atoms with Crippen LogP contribution in [0.25, 0.3) is 0 Å². The highest BCUT2D eigenvalue weighted by Gasteiger charge is 2.19. The predicted molar refractivity (Wildman–Crippen MR) is 98.1 cm³/mol. The highest BCUT2D eigenvalue weighted by atomic mass is 16.6. The quantitative estimate of drug-likeness (QED) is 0.641. The van der Waals surface area contributed by atoms with Crippen molar-refractivity contribution in [1.29, 1.82) is 0 Å². The Labute approximate surface area is 150 Å². The summed E-state index contributed by atoms with van der Waals surface area (Å²) in [6.07, 6.45) is 0.964. The minimum absolute atomic E-state index is 0.316. The van der Waals surface area contributed by atoms with Gasteiger partial charge in [-0.1, -0.05) is 12.1 Å². The Balaban J connectivity index is 2.28. The first-order valence-corrected chi connectivity index (χ1v) is 8.49. The Morgan fingerprint density at radius 3 is 2.52 bits per heavy atom. The Morgan fingerprint density at radius 1 is 1.16 bits per heavy atom.